The standard InChI is InChI=1S/C17H26N2O4S/c1-14(20)18-10-5-11-19(13-12-18)24(21,22)16-8-6-15(7-9-16)23-17(2,3)4/h6-9H,5,10-13H2,1-4H3. The van der Waals surface area contributed by atoms with Crippen molar-refractivity contribution in [3.63, 3.8) is 0 Å². The fourth-order valence-corrected chi connectivity index (χ4v) is 4.10. The quantitative estimate of drug-likeness (QED) is 0.834. The van der Waals surface area contributed by atoms with Crippen molar-refractivity contribution in [3.05, 3.63) is 24.3 Å². The van der Waals surface area contributed by atoms with E-state index in [1.165, 1.54) is 11.2 Å². The van der Waals surface area contributed by atoms with E-state index in [1.54, 1.807) is 29.2 Å². The van der Waals surface area contributed by atoms with Gasteiger partial charge in [0, 0.05) is 33.1 Å². The predicted molar refractivity (Wildman–Crippen MR) is 92.5 cm³/mol. The van der Waals surface area contributed by atoms with Crippen LogP contribution in [0.15, 0.2) is 29.2 Å². The highest BCUT2D eigenvalue weighted by Crippen LogP contribution is 2.23. The smallest absolute Gasteiger partial charge is 0.243 e. The van der Waals surface area contributed by atoms with Gasteiger partial charge in [0.2, 0.25) is 15.9 Å². The molecule has 134 valence electrons. The molecule has 1 aromatic carbocycles. The Balaban J connectivity index is 2.13. The van der Waals surface area contributed by atoms with Gasteiger partial charge in [0.15, 0.2) is 0 Å². The van der Waals surface area contributed by atoms with Crippen LogP contribution in [-0.4, -0.2) is 55.3 Å². The molecule has 0 radical (unpaired) electrons. The summed E-state index contributed by atoms with van der Waals surface area (Å²) in [6, 6.07) is 6.50. The maximum absolute atomic E-state index is 12.8. The van der Waals surface area contributed by atoms with Crippen LogP contribution in [0.25, 0.3) is 0 Å². The number of carbonyl (C=O) groups excluding carboxylic acids is 1. The number of benzene rings is 1. The molecule has 1 heterocycles. The summed E-state index contributed by atoms with van der Waals surface area (Å²) in [6.07, 6.45) is 0.643. The number of hydrogen-bond acceptors (Lipinski definition) is 4. The first-order chi connectivity index (χ1) is 11.1. The Morgan fingerprint density at radius 1 is 1.04 bits per heavy atom. The molecule has 0 spiro atoms. The van der Waals surface area contributed by atoms with Crippen LogP contribution < -0.4 is 4.74 Å². The van der Waals surface area contributed by atoms with E-state index in [-0.39, 0.29) is 16.4 Å². The lowest BCUT2D eigenvalue weighted by Crippen LogP contribution is -2.36. The third-order valence-corrected chi connectivity index (χ3v) is 5.70. The maximum Gasteiger partial charge on any atom is 0.243 e. The second-order valence-electron chi connectivity index (χ2n) is 6.95. The molecule has 0 N–H and O–H groups in total. The SMILES string of the molecule is CC(=O)N1CCCN(S(=O)(=O)c2ccc(OC(C)(C)C)cc2)CC1. The Kier molecular flexibility index (Phi) is 5.55. The van der Waals surface area contributed by atoms with Crippen molar-refractivity contribution in [1.82, 2.24) is 9.21 Å². The number of sulfonamides is 1. The summed E-state index contributed by atoms with van der Waals surface area (Å²) < 4.78 is 32.8. The Labute approximate surface area is 144 Å². The Bertz CT molecular complexity index is 678. The zero-order valence-electron chi connectivity index (χ0n) is 14.8. The van der Waals surface area contributed by atoms with E-state index < -0.39 is 10.0 Å². The summed E-state index contributed by atoms with van der Waals surface area (Å²) >= 11 is 0. The highest BCUT2D eigenvalue weighted by Gasteiger charge is 2.27. The van der Waals surface area contributed by atoms with Crippen LogP contribution >= 0.6 is 0 Å². The molecule has 0 aromatic heterocycles. The maximum atomic E-state index is 12.8. The van der Waals surface area contributed by atoms with Gasteiger partial charge in [-0.15, -0.1) is 0 Å². The van der Waals surface area contributed by atoms with Crippen LogP contribution in [0, 0.1) is 0 Å². The average molecular weight is 354 g/mol. The molecule has 0 bridgehead atoms. The van der Waals surface area contributed by atoms with Crippen LogP contribution in [-0.2, 0) is 14.8 Å². The lowest BCUT2D eigenvalue weighted by Gasteiger charge is -2.23. The van der Waals surface area contributed by atoms with Crippen LogP contribution in [0.2, 0.25) is 0 Å². The highest BCUT2D eigenvalue weighted by molar-refractivity contribution is 7.89. The number of ether oxygens (including phenoxy) is 1. The molecule has 24 heavy (non-hydrogen) atoms. The molecule has 1 fully saturated rings. The van der Waals surface area contributed by atoms with Crippen molar-refractivity contribution < 1.29 is 17.9 Å². The molecule has 1 aliphatic heterocycles. The minimum atomic E-state index is -3.56. The lowest BCUT2D eigenvalue weighted by molar-refractivity contribution is -0.128. The van der Waals surface area contributed by atoms with Crippen LogP contribution in [0.3, 0.4) is 0 Å². The van der Waals surface area contributed by atoms with E-state index in [0.717, 1.165) is 0 Å². The molecular formula is C17H26N2O4S. The van der Waals surface area contributed by atoms with E-state index in [4.69, 9.17) is 4.74 Å². The number of rotatable bonds is 3. The molecule has 0 atom stereocenters. The van der Waals surface area contributed by atoms with Gasteiger partial charge in [-0.05, 0) is 51.5 Å². The van der Waals surface area contributed by atoms with E-state index in [9.17, 15) is 13.2 Å². The topological polar surface area (TPSA) is 66.9 Å². The van der Waals surface area contributed by atoms with Crippen molar-refractivity contribution in [2.75, 3.05) is 26.2 Å². The molecule has 1 amide bonds. The Morgan fingerprint density at radius 3 is 2.21 bits per heavy atom. The fourth-order valence-electron chi connectivity index (χ4n) is 2.63. The lowest BCUT2D eigenvalue weighted by atomic mass is 10.2. The van der Waals surface area contributed by atoms with Gasteiger partial charge in [0.1, 0.15) is 11.4 Å². The van der Waals surface area contributed by atoms with Crippen LogP contribution in [0.5, 0.6) is 5.75 Å². The molecule has 1 aromatic rings. The van der Waals surface area contributed by atoms with Crippen molar-refractivity contribution in [1.29, 1.82) is 0 Å². The minimum absolute atomic E-state index is 0.0158. The summed E-state index contributed by atoms with van der Waals surface area (Å²) in [4.78, 5) is 13.4. The van der Waals surface area contributed by atoms with Gasteiger partial charge in [0.25, 0.3) is 0 Å². The van der Waals surface area contributed by atoms with Gasteiger partial charge < -0.3 is 9.64 Å². The van der Waals surface area contributed by atoms with E-state index in [2.05, 4.69) is 0 Å². The molecule has 0 aliphatic carbocycles. The molecule has 7 heteroatoms. The zero-order valence-corrected chi connectivity index (χ0v) is 15.6. The van der Waals surface area contributed by atoms with Crippen molar-refractivity contribution in [2.24, 2.45) is 0 Å². The van der Waals surface area contributed by atoms with Crippen LogP contribution in [0.1, 0.15) is 34.1 Å². The highest BCUT2D eigenvalue weighted by atomic mass is 32.2. The summed E-state index contributed by atoms with van der Waals surface area (Å²) in [5.41, 5.74) is -0.332. The minimum Gasteiger partial charge on any atom is -0.488 e. The molecule has 0 unspecified atom stereocenters. The van der Waals surface area contributed by atoms with Gasteiger partial charge in [-0.2, -0.15) is 4.31 Å². The molecule has 6 nitrogen and oxygen atoms in total. The van der Waals surface area contributed by atoms with E-state index in [1.807, 2.05) is 20.8 Å². The van der Waals surface area contributed by atoms with Gasteiger partial charge in [-0.1, -0.05) is 0 Å². The first-order valence-corrected chi connectivity index (χ1v) is 9.58. The third-order valence-electron chi connectivity index (χ3n) is 3.79. The second kappa shape index (κ2) is 7.11. The van der Waals surface area contributed by atoms with Gasteiger partial charge in [0.05, 0.1) is 4.90 Å². The number of amides is 1. The normalized spacial score (nSPS) is 17.4. The monoisotopic (exact) mass is 354 g/mol. The average Bonchev–Trinajstić information content (AvgIpc) is 2.72. The molecule has 2 rings (SSSR count). The van der Waals surface area contributed by atoms with Gasteiger partial charge >= 0.3 is 0 Å². The van der Waals surface area contributed by atoms with E-state index >= 15 is 0 Å². The van der Waals surface area contributed by atoms with Crippen molar-refractivity contribution in [2.45, 2.75) is 44.6 Å². The Hall–Kier alpha value is -1.60. The first kappa shape index (κ1) is 18.7. The molecule has 1 aliphatic rings. The molecular weight excluding hydrogens is 328 g/mol. The largest absolute Gasteiger partial charge is 0.488 e. The van der Waals surface area contributed by atoms with Crippen LogP contribution in [0.4, 0.5) is 0 Å². The first-order valence-electron chi connectivity index (χ1n) is 8.14. The summed E-state index contributed by atoms with van der Waals surface area (Å²) in [6.45, 7) is 9.10. The van der Waals surface area contributed by atoms with Gasteiger partial charge in [-0.25, -0.2) is 8.42 Å². The fraction of sp³-hybridized carbons (Fsp3) is 0.588. The molecule has 0 saturated carbocycles. The zero-order chi connectivity index (χ0) is 18.0. The second-order valence-corrected chi connectivity index (χ2v) is 8.89. The number of carbonyl (C=O) groups is 1. The molecule has 1 saturated heterocycles. The van der Waals surface area contributed by atoms with Gasteiger partial charge in [-0.3, -0.25) is 4.79 Å². The number of nitrogens with zero attached hydrogens (tertiary/aromatic N) is 2. The van der Waals surface area contributed by atoms with Crippen molar-refractivity contribution in [3.8, 4) is 5.75 Å². The predicted octanol–water partition coefficient (Wildman–Crippen LogP) is 2.11. The number of hydrogen-bond donors (Lipinski definition) is 0. The van der Waals surface area contributed by atoms with Crippen molar-refractivity contribution >= 4 is 15.9 Å². The van der Waals surface area contributed by atoms with E-state index in [0.29, 0.717) is 38.3 Å². The summed E-state index contributed by atoms with van der Waals surface area (Å²) in [5.74, 6) is 0.623. The summed E-state index contributed by atoms with van der Waals surface area (Å²) in [7, 11) is -3.56. The Morgan fingerprint density at radius 2 is 1.67 bits per heavy atom. The summed E-state index contributed by atoms with van der Waals surface area (Å²) in [5, 5.41) is 0. The third kappa shape index (κ3) is 4.70.